The third-order valence-electron chi connectivity index (χ3n) is 6.13. The van der Waals surface area contributed by atoms with Crippen LogP contribution in [0, 0.1) is 5.92 Å². The lowest BCUT2D eigenvalue weighted by Crippen LogP contribution is -2.67. The largest absolute Gasteiger partial charge is 0.377 e. The van der Waals surface area contributed by atoms with E-state index in [1.54, 1.807) is 0 Å². The molecule has 0 radical (unpaired) electrons. The van der Waals surface area contributed by atoms with Gasteiger partial charge in [0.15, 0.2) is 0 Å². The summed E-state index contributed by atoms with van der Waals surface area (Å²) in [7, 11) is 0. The Morgan fingerprint density at radius 1 is 1.07 bits per heavy atom. The average molecular weight is 364 g/mol. The molecule has 2 atom stereocenters. The highest BCUT2D eigenvalue weighted by Crippen LogP contribution is 2.36. The highest BCUT2D eigenvalue weighted by molar-refractivity contribution is 5.81. The minimum absolute atomic E-state index is 0.139. The maximum atomic E-state index is 13.0. The van der Waals surface area contributed by atoms with Gasteiger partial charge >= 0.3 is 0 Å². The molecule has 5 heterocycles. The molecule has 3 saturated heterocycles. The average Bonchev–Trinajstić information content (AvgIpc) is 2.75. The van der Waals surface area contributed by atoms with E-state index in [0.717, 1.165) is 49.3 Å². The number of hydrogen-bond acceptors (Lipinski definition) is 5. The first-order valence-electron chi connectivity index (χ1n) is 9.81. The summed E-state index contributed by atoms with van der Waals surface area (Å²) in [6.07, 6.45) is 8.46. The van der Waals surface area contributed by atoms with Crippen LogP contribution in [0.2, 0.25) is 0 Å². The maximum Gasteiger partial charge on any atom is 0.226 e. The molecule has 0 N–H and O–H groups in total. The number of ether oxygens (including phenoxy) is 1. The number of amides is 1. The lowest BCUT2D eigenvalue weighted by molar-refractivity contribution is -0.172. The first-order chi connectivity index (χ1) is 13.3. The Bertz CT molecular complexity index is 806. The molecule has 3 aliphatic rings. The topological polar surface area (TPSA) is 58.6 Å². The summed E-state index contributed by atoms with van der Waals surface area (Å²) < 4.78 is 5.51. The number of aromatic nitrogens is 2. The first kappa shape index (κ1) is 16.7. The molecule has 0 aliphatic carbocycles. The molecule has 140 valence electrons. The standard InChI is InChI=1S/C21H24N4O2/c26-21(25-16-11-17(25)14-27-13-16)15-5-9-24(10-6-15)20-12-22-8-4-18(20)19-3-1-2-7-23-19/h1-4,7-8,12,15-17H,5-6,9-11,13-14H2. The summed E-state index contributed by atoms with van der Waals surface area (Å²) in [6.45, 7) is 3.18. The molecule has 6 heteroatoms. The molecule has 0 spiro atoms. The molecule has 3 aliphatic heterocycles. The van der Waals surface area contributed by atoms with Crippen LogP contribution in [0.4, 0.5) is 5.69 Å². The summed E-state index contributed by atoms with van der Waals surface area (Å²) in [4.78, 5) is 26.2. The molecular weight excluding hydrogens is 340 g/mol. The van der Waals surface area contributed by atoms with E-state index >= 15 is 0 Å². The quantitative estimate of drug-likeness (QED) is 0.837. The van der Waals surface area contributed by atoms with Crippen molar-refractivity contribution in [3.05, 3.63) is 42.9 Å². The van der Waals surface area contributed by atoms with Crippen molar-refractivity contribution in [1.29, 1.82) is 0 Å². The lowest BCUT2D eigenvalue weighted by Gasteiger charge is -2.53. The van der Waals surface area contributed by atoms with Crippen molar-refractivity contribution < 1.29 is 9.53 Å². The molecule has 2 aromatic rings. The van der Waals surface area contributed by atoms with Gasteiger partial charge < -0.3 is 14.5 Å². The number of carbonyl (C=O) groups is 1. The fourth-order valence-electron chi connectivity index (χ4n) is 4.65. The summed E-state index contributed by atoms with van der Waals surface area (Å²) in [6, 6.07) is 8.63. The van der Waals surface area contributed by atoms with Crippen molar-refractivity contribution in [3.8, 4) is 11.3 Å². The van der Waals surface area contributed by atoms with Crippen LogP contribution in [0.3, 0.4) is 0 Å². The number of hydrogen-bond donors (Lipinski definition) is 0. The Hall–Kier alpha value is -2.47. The fourth-order valence-corrected chi connectivity index (χ4v) is 4.65. The molecule has 1 amide bonds. The molecule has 5 rings (SSSR count). The van der Waals surface area contributed by atoms with Gasteiger partial charge in [0.2, 0.25) is 5.91 Å². The van der Waals surface area contributed by atoms with E-state index in [-0.39, 0.29) is 5.92 Å². The van der Waals surface area contributed by atoms with Gasteiger partial charge in [0.25, 0.3) is 0 Å². The van der Waals surface area contributed by atoms with Crippen LogP contribution < -0.4 is 4.90 Å². The number of morpholine rings is 1. The SMILES string of the molecule is O=C(C1CCN(c2cnccc2-c2ccccn2)CC1)N1C2COCC1C2. The summed E-state index contributed by atoms with van der Waals surface area (Å²) in [5.41, 5.74) is 3.17. The zero-order valence-corrected chi connectivity index (χ0v) is 15.3. The molecule has 27 heavy (non-hydrogen) atoms. The van der Waals surface area contributed by atoms with E-state index in [4.69, 9.17) is 4.74 Å². The Labute approximate surface area is 159 Å². The second-order valence-corrected chi connectivity index (χ2v) is 7.70. The molecule has 2 bridgehead atoms. The second-order valence-electron chi connectivity index (χ2n) is 7.70. The Morgan fingerprint density at radius 2 is 1.89 bits per heavy atom. The predicted molar refractivity (Wildman–Crippen MR) is 102 cm³/mol. The number of piperidine rings is 1. The zero-order chi connectivity index (χ0) is 18.2. The highest BCUT2D eigenvalue weighted by Gasteiger charge is 2.47. The number of nitrogens with zero attached hydrogens (tertiary/aromatic N) is 4. The molecule has 0 aromatic carbocycles. The van der Waals surface area contributed by atoms with Crippen LogP contribution in [-0.4, -0.2) is 59.2 Å². The predicted octanol–water partition coefficient (Wildman–Crippen LogP) is 2.36. The molecule has 3 fully saturated rings. The van der Waals surface area contributed by atoms with E-state index in [9.17, 15) is 4.79 Å². The van der Waals surface area contributed by atoms with E-state index in [1.807, 2.05) is 42.9 Å². The zero-order valence-electron chi connectivity index (χ0n) is 15.3. The van der Waals surface area contributed by atoms with Gasteiger partial charge in [-0.25, -0.2) is 0 Å². The number of fused-ring (bicyclic) bond motifs is 2. The monoisotopic (exact) mass is 364 g/mol. The van der Waals surface area contributed by atoms with Crippen LogP contribution >= 0.6 is 0 Å². The molecule has 6 nitrogen and oxygen atoms in total. The van der Waals surface area contributed by atoms with Crippen LogP contribution in [0.15, 0.2) is 42.9 Å². The van der Waals surface area contributed by atoms with Crippen molar-refractivity contribution in [2.45, 2.75) is 31.3 Å². The highest BCUT2D eigenvalue weighted by atomic mass is 16.5. The van der Waals surface area contributed by atoms with Gasteiger partial charge in [0, 0.05) is 37.0 Å². The summed E-state index contributed by atoms with van der Waals surface area (Å²) in [5.74, 6) is 0.481. The van der Waals surface area contributed by atoms with Gasteiger partial charge in [-0.2, -0.15) is 0 Å². The van der Waals surface area contributed by atoms with Crippen molar-refractivity contribution in [1.82, 2.24) is 14.9 Å². The van der Waals surface area contributed by atoms with Crippen LogP contribution in [0.1, 0.15) is 19.3 Å². The van der Waals surface area contributed by atoms with Crippen molar-refractivity contribution in [2.75, 3.05) is 31.2 Å². The van der Waals surface area contributed by atoms with Gasteiger partial charge in [0.05, 0.1) is 42.9 Å². The minimum Gasteiger partial charge on any atom is -0.377 e. The van der Waals surface area contributed by atoms with Gasteiger partial charge in [-0.15, -0.1) is 0 Å². The van der Waals surface area contributed by atoms with Gasteiger partial charge in [-0.3, -0.25) is 14.8 Å². The first-order valence-corrected chi connectivity index (χ1v) is 9.81. The smallest absolute Gasteiger partial charge is 0.226 e. The Morgan fingerprint density at radius 3 is 2.59 bits per heavy atom. The number of anilines is 1. The maximum absolute atomic E-state index is 13.0. The van der Waals surface area contributed by atoms with Crippen molar-refractivity contribution >= 4 is 11.6 Å². The Kier molecular flexibility index (Phi) is 4.28. The van der Waals surface area contributed by atoms with Crippen LogP contribution in [-0.2, 0) is 9.53 Å². The van der Waals surface area contributed by atoms with Crippen LogP contribution in [0.25, 0.3) is 11.3 Å². The third-order valence-corrected chi connectivity index (χ3v) is 6.13. The number of pyridine rings is 2. The van der Waals surface area contributed by atoms with Crippen LogP contribution in [0.5, 0.6) is 0 Å². The van der Waals surface area contributed by atoms with E-state index in [2.05, 4.69) is 19.8 Å². The van der Waals surface area contributed by atoms with Gasteiger partial charge in [-0.05, 0) is 37.5 Å². The van der Waals surface area contributed by atoms with Gasteiger partial charge in [0.1, 0.15) is 0 Å². The van der Waals surface area contributed by atoms with E-state index in [1.165, 1.54) is 0 Å². The summed E-state index contributed by atoms with van der Waals surface area (Å²) in [5, 5.41) is 0. The fraction of sp³-hybridized carbons (Fsp3) is 0.476. The van der Waals surface area contributed by atoms with E-state index in [0.29, 0.717) is 31.2 Å². The third kappa shape index (κ3) is 2.98. The van der Waals surface area contributed by atoms with Crippen molar-refractivity contribution in [3.63, 3.8) is 0 Å². The summed E-state index contributed by atoms with van der Waals surface area (Å²) >= 11 is 0. The second kappa shape index (κ2) is 6.93. The van der Waals surface area contributed by atoms with E-state index < -0.39 is 0 Å². The molecule has 0 saturated carbocycles. The van der Waals surface area contributed by atoms with Gasteiger partial charge in [-0.1, -0.05) is 6.07 Å². The number of carbonyl (C=O) groups excluding carboxylic acids is 1. The van der Waals surface area contributed by atoms with Crippen molar-refractivity contribution in [2.24, 2.45) is 5.92 Å². The molecule has 2 aromatic heterocycles. The normalized spacial score (nSPS) is 25.2. The molecule has 2 unspecified atom stereocenters. The number of rotatable bonds is 3. The Balaban J connectivity index is 1.28. The lowest BCUT2D eigenvalue weighted by atomic mass is 9.86. The molecular formula is C21H24N4O2. The minimum atomic E-state index is 0.139.